The molecule has 0 fully saturated rings. The number of amides is 3. The van der Waals surface area contributed by atoms with Crippen LogP contribution in [0.5, 0.6) is 0 Å². The van der Waals surface area contributed by atoms with Gasteiger partial charge in [0.25, 0.3) is 0 Å². The van der Waals surface area contributed by atoms with Gasteiger partial charge in [-0.25, -0.2) is 0 Å². The van der Waals surface area contributed by atoms with Gasteiger partial charge < -0.3 is 32.3 Å². The Bertz CT molecular complexity index is 492. The van der Waals surface area contributed by atoms with Gasteiger partial charge >= 0.3 is 11.9 Å². The van der Waals surface area contributed by atoms with Crippen molar-refractivity contribution >= 4 is 58.2 Å². The summed E-state index contributed by atoms with van der Waals surface area (Å²) in [5.41, 5.74) is 9.84. The highest BCUT2D eigenvalue weighted by atomic mass is 79.9. The Morgan fingerprint density at radius 3 is 2.04 bits per heavy atom. The first kappa shape index (κ1) is 25.4. The van der Waals surface area contributed by atoms with Crippen molar-refractivity contribution in [1.82, 2.24) is 10.6 Å². The molecule has 0 rings (SSSR count). The molecular weight excluding hydrogens is 424 g/mol. The van der Waals surface area contributed by atoms with Crippen molar-refractivity contribution < 1.29 is 34.2 Å². The average Bonchev–Trinajstić information content (AvgIpc) is 2.55. The van der Waals surface area contributed by atoms with Crippen LogP contribution in [0.3, 0.4) is 0 Å². The van der Waals surface area contributed by atoms with E-state index in [-0.39, 0.29) is 29.8 Å². The number of carboxylic acid groups (broad SMARTS) is 2. The third-order valence-corrected chi connectivity index (χ3v) is 3.30. The molecule has 144 valence electrons. The van der Waals surface area contributed by atoms with Crippen molar-refractivity contribution in [1.29, 1.82) is 0 Å². The van der Waals surface area contributed by atoms with Gasteiger partial charge in [-0.1, -0.05) is 15.9 Å². The molecule has 0 aromatic heterocycles. The maximum atomic E-state index is 11.5. The average molecular weight is 445 g/mol. The highest BCUT2D eigenvalue weighted by Gasteiger charge is 2.20. The lowest BCUT2D eigenvalue weighted by Crippen LogP contribution is -2.49. The second-order valence-corrected chi connectivity index (χ2v) is 5.42. The Balaban J connectivity index is 0. The summed E-state index contributed by atoms with van der Waals surface area (Å²) in [6.45, 7) is -0.567. The van der Waals surface area contributed by atoms with E-state index in [0.29, 0.717) is 0 Å². The molecular formula is C12H21BrN4O7S. The van der Waals surface area contributed by atoms with Gasteiger partial charge in [0.1, 0.15) is 18.6 Å². The van der Waals surface area contributed by atoms with Gasteiger partial charge in [0.05, 0.1) is 5.33 Å². The minimum absolute atomic E-state index is 0.0256. The number of halogens is 1. The normalized spacial score (nSPS) is 12.0. The molecule has 8 N–H and O–H groups in total. The van der Waals surface area contributed by atoms with Crippen molar-refractivity contribution in [2.45, 2.75) is 24.9 Å². The quantitative estimate of drug-likeness (QED) is 0.143. The molecule has 0 radical (unpaired) electrons. The fourth-order valence-corrected chi connectivity index (χ4v) is 1.41. The zero-order chi connectivity index (χ0) is 20.0. The zero-order valence-corrected chi connectivity index (χ0v) is 15.6. The summed E-state index contributed by atoms with van der Waals surface area (Å²) in [6.07, 6.45) is -0.235. The van der Waals surface area contributed by atoms with E-state index in [0.717, 1.165) is 0 Å². The molecule has 2 unspecified atom stereocenters. The molecule has 0 aliphatic carbocycles. The van der Waals surface area contributed by atoms with Crippen LogP contribution in [-0.4, -0.2) is 69.6 Å². The number of hydrogen-bond acceptors (Lipinski definition) is 7. The van der Waals surface area contributed by atoms with Crippen LogP contribution in [0, 0.1) is 0 Å². The summed E-state index contributed by atoms with van der Waals surface area (Å²) in [5.74, 6) is -4.03. The summed E-state index contributed by atoms with van der Waals surface area (Å²) in [6, 6.07) is -2.15. The summed E-state index contributed by atoms with van der Waals surface area (Å²) in [5, 5.41) is 21.6. The lowest BCUT2D eigenvalue weighted by molar-refractivity contribution is -0.139. The van der Waals surface area contributed by atoms with Crippen LogP contribution in [0.1, 0.15) is 12.8 Å². The monoisotopic (exact) mass is 444 g/mol. The molecule has 0 aliphatic rings. The number of rotatable bonds is 10. The number of carboxylic acids is 2. The van der Waals surface area contributed by atoms with Gasteiger partial charge in [-0.05, 0) is 6.42 Å². The van der Waals surface area contributed by atoms with E-state index < -0.39 is 42.4 Å². The summed E-state index contributed by atoms with van der Waals surface area (Å²) in [7, 11) is 0. The summed E-state index contributed by atoms with van der Waals surface area (Å²) < 4.78 is 0. The van der Waals surface area contributed by atoms with Crippen molar-refractivity contribution in [3.05, 3.63) is 0 Å². The predicted octanol–water partition coefficient (Wildman–Crippen LogP) is -2.34. The van der Waals surface area contributed by atoms with E-state index in [1.807, 2.05) is 0 Å². The number of aliphatic carboxylic acids is 2. The molecule has 0 aliphatic heterocycles. The fourth-order valence-electron chi connectivity index (χ4n) is 1.16. The summed E-state index contributed by atoms with van der Waals surface area (Å²) in [4.78, 5) is 53.3. The molecule has 0 saturated heterocycles. The Labute approximate surface area is 157 Å². The fraction of sp³-hybridized carbons (Fsp3) is 0.583. The van der Waals surface area contributed by atoms with Crippen LogP contribution < -0.4 is 22.1 Å². The maximum absolute atomic E-state index is 11.5. The lowest BCUT2D eigenvalue weighted by Gasteiger charge is -2.16. The predicted molar refractivity (Wildman–Crippen MR) is 94.3 cm³/mol. The number of nitrogens with one attached hydrogen (secondary N) is 2. The Morgan fingerprint density at radius 2 is 1.68 bits per heavy atom. The molecule has 0 bridgehead atoms. The largest absolute Gasteiger partial charge is 0.480 e. The molecule has 0 saturated carbocycles. The Kier molecular flexibility index (Phi) is 14.7. The molecule has 11 nitrogen and oxygen atoms in total. The molecule has 0 aromatic rings. The maximum Gasteiger partial charge on any atom is 0.322 e. The first-order valence-electron chi connectivity index (χ1n) is 6.77. The number of nitrogens with two attached hydrogens (primary N) is 2. The zero-order valence-electron chi connectivity index (χ0n) is 13.1. The highest BCUT2D eigenvalue weighted by molar-refractivity contribution is 9.09. The second kappa shape index (κ2) is 14.5. The smallest absolute Gasteiger partial charge is 0.322 e. The van der Waals surface area contributed by atoms with Crippen LogP contribution >= 0.6 is 28.6 Å². The third kappa shape index (κ3) is 15.4. The van der Waals surface area contributed by atoms with Gasteiger partial charge in [0.2, 0.25) is 17.7 Å². The van der Waals surface area contributed by atoms with Crippen LogP contribution in [0.4, 0.5) is 0 Å². The lowest BCUT2D eigenvalue weighted by atomic mass is 10.1. The SMILES string of the molecule is NC(=O)CBr.NC(CCC(=O)NC(CS)C(=O)NCC(=O)O)C(=O)O. The van der Waals surface area contributed by atoms with Crippen LogP contribution in [0.25, 0.3) is 0 Å². The Morgan fingerprint density at radius 1 is 1.16 bits per heavy atom. The van der Waals surface area contributed by atoms with Gasteiger partial charge in [0.15, 0.2) is 0 Å². The number of thiol groups is 1. The molecule has 0 heterocycles. The topological polar surface area (TPSA) is 202 Å². The second-order valence-electron chi connectivity index (χ2n) is 4.50. The highest BCUT2D eigenvalue weighted by Crippen LogP contribution is 1.97. The minimum Gasteiger partial charge on any atom is -0.480 e. The number of carbonyl (C=O) groups is 5. The summed E-state index contributed by atoms with van der Waals surface area (Å²) >= 11 is 6.71. The van der Waals surface area contributed by atoms with Crippen LogP contribution in [0.15, 0.2) is 0 Å². The first-order chi connectivity index (χ1) is 11.5. The standard InChI is InChI=1S/C10H17N3O6S.C2H4BrNO/c11-5(10(18)19)1-2-7(14)13-6(4-20)9(17)12-3-8(15)16;3-1-2(4)5/h5-6,20H,1-4,11H2,(H,12,17)(H,13,14)(H,15,16)(H,18,19);1H2,(H2,4,5). The van der Waals surface area contributed by atoms with Crippen molar-refractivity contribution in [3.63, 3.8) is 0 Å². The van der Waals surface area contributed by atoms with E-state index in [1.165, 1.54) is 0 Å². The van der Waals surface area contributed by atoms with Crippen molar-refractivity contribution in [2.24, 2.45) is 11.5 Å². The number of hydrogen-bond donors (Lipinski definition) is 7. The van der Waals surface area contributed by atoms with Gasteiger partial charge in [-0.2, -0.15) is 12.6 Å². The van der Waals surface area contributed by atoms with Crippen LogP contribution in [0.2, 0.25) is 0 Å². The third-order valence-electron chi connectivity index (χ3n) is 2.38. The molecule has 0 spiro atoms. The Hall–Kier alpha value is -1.86. The van der Waals surface area contributed by atoms with Crippen LogP contribution in [-0.2, 0) is 24.0 Å². The molecule has 0 aromatic carbocycles. The number of carbonyl (C=O) groups excluding carboxylic acids is 3. The van der Waals surface area contributed by atoms with Crippen molar-refractivity contribution in [2.75, 3.05) is 17.6 Å². The van der Waals surface area contributed by atoms with E-state index in [4.69, 9.17) is 15.9 Å². The minimum atomic E-state index is -1.22. The first-order valence-corrected chi connectivity index (χ1v) is 8.52. The molecule has 3 amide bonds. The molecule has 25 heavy (non-hydrogen) atoms. The molecule has 2 atom stereocenters. The number of primary amides is 1. The number of alkyl halides is 1. The van der Waals surface area contributed by atoms with Crippen molar-refractivity contribution in [3.8, 4) is 0 Å². The van der Waals surface area contributed by atoms with E-state index in [2.05, 4.69) is 44.9 Å². The van der Waals surface area contributed by atoms with Gasteiger partial charge in [-0.3, -0.25) is 24.0 Å². The molecule has 13 heteroatoms. The van der Waals surface area contributed by atoms with Gasteiger partial charge in [-0.15, -0.1) is 0 Å². The van der Waals surface area contributed by atoms with E-state index in [1.54, 1.807) is 0 Å². The van der Waals surface area contributed by atoms with Gasteiger partial charge in [0, 0.05) is 12.2 Å². The van der Waals surface area contributed by atoms with E-state index in [9.17, 15) is 24.0 Å². The van der Waals surface area contributed by atoms with E-state index >= 15 is 0 Å².